The third-order valence-electron chi connectivity index (χ3n) is 1.28. The third-order valence-corrected chi connectivity index (χ3v) is 1.28. The molecule has 0 fully saturated rings. The SMILES string of the molecule is [NH3+]Nc1ccc([N+](=O)[O-])cc1. The lowest BCUT2D eigenvalue weighted by molar-refractivity contribution is -0.384. The Morgan fingerprint density at radius 1 is 1.36 bits per heavy atom. The number of quaternary nitrogens is 1. The van der Waals surface area contributed by atoms with E-state index in [4.69, 9.17) is 0 Å². The molecule has 0 unspecified atom stereocenters. The fourth-order valence-electron chi connectivity index (χ4n) is 0.701. The van der Waals surface area contributed by atoms with Crippen LogP contribution in [0.15, 0.2) is 24.3 Å². The van der Waals surface area contributed by atoms with Crippen LogP contribution in [0, 0.1) is 10.1 Å². The molecule has 58 valence electrons. The number of nitro groups is 1. The number of nitro benzene ring substituents is 1. The van der Waals surface area contributed by atoms with Crippen LogP contribution >= 0.6 is 0 Å². The predicted molar refractivity (Wildman–Crippen MR) is 39.6 cm³/mol. The number of anilines is 1. The van der Waals surface area contributed by atoms with Gasteiger partial charge in [0.15, 0.2) is 0 Å². The van der Waals surface area contributed by atoms with E-state index in [9.17, 15) is 10.1 Å². The number of nitrogens with one attached hydrogen (secondary N) is 1. The highest BCUT2D eigenvalue weighted by molar-refractivity contribution is 5.46. The minimum absolute atomic E-state index is 0.0870. The second kappa shape index (κ2) is 2.98. The molecular weight excluding hydrogens is 146 g/mol. The van der Waals surface area contributed by atoms with Crippen molar-refractivity contribution in [3.63, 3.8) is 0 Å². The van der Waals surface area contributed by atoms with E-state index in [1.807, 2.05) is 0 Å². The molecule has 5 nitrogen and oxygen atoms in total. The van der Waals surface area contributed by atoms with Crippen LogP contribution in [0.25, 0.3) is 0 Å². The van der Waals surface area contributed by atoms with Crippen molar-refractivity contribution in [1.82, 2.24) is 0 Å². The number of nitrogens with zero attached hydrogens (tertiary/aromatic N) is 1. The topological polar surface area (TPSA) is 82.8 Å². The molecule has 1 aromatic rings. The van der Waals surface area contributed by atoms with Crippen molar-refractivity contribution in [3.8, 4) is 0 Å². The van der Waals surface area contributed by atoms with Gasteiger partial charge in [-0.15, -0.1) is 0 Å². The molecule has 0 spiro atoms. The molecule has 0 saturated heterocycles. The lowest BCUT2D eigenvalue weighted by atomic mass is 10.3. The number of benzene rings is 1. The summed E-state index contributed by atoms with van der Waals surface area (Å²) in [6.45, 7) is 0. The highest BCUT2D eigenvalue weighted by Crippen LogP contribution is 2.13. The number of non-ortho nitro benzene ring substituents is 1. The molecule has 0 aliphatic heterocycles. The van der Waals surface area contributed by atoms with Crippen LogP contribution in [-0.4, -0.2) is 4.92 Å². The maximum absolute atomic E-state index is 10.2. The van der Waals surface area contributed by atoms with Gasteiger partial charge in [0.1, 0.15) is 0 Å². The summed E-state index contributed by atoms with van der Waals surface area (Å²) >= 11 is 0. The molecule has 0 aromatic heterocycles. The quantitative estimate of drug-likeness (QED) is 0.470. The molecule has 4 N–H and O–H groups in total. The summed E-state index contributed by atoms with van der Waals surface area (Å²) in [6, 6.07) is 6.05. The summed E-state index contributed by atoms with van der Waals surface area (Å²) < 4.78 is 0. The Morgan fingerprint density at radius 3 is 2.27 bits per heavy atom. The number of hydrogen-bond donors (Lipinski definition) is 2. The van der Waals surface area contributed by atoms with Gasteiger partial charge in [-0.3, -0.25) is 16.0 Å². The Labute approximate surface area is 62.9 Å². The maximum atomic E-state index is 10.2. The van der Waals surface area contributed by atoms with Gasteiger partial charge >= 0.3 is 0 Å². The van der Waals surface area contributed by atoms with Crippen LogP contribution in [0.2, 0.25) is 0 Å². The largest absolute Gasteiger partial charge is 0.269 e. The first-order valence-electron chi connectivity index (χ1n) is 3.01. The smallest absolute Gasteiger partial charge is 0.258 e. The van der Waals surface area contributed by atoms with Gasteiger partial charge in [-0.2, -0.15) is 0 Å². The van der Waals surface area contributed by atoms with Crippen molar-refractivity contribution in [2.45, 2.75) is 0 Å². The van der Waals surface area contributed by atoms with Crippen LogP contribution in [0.1, 0.15) is 0 Å². The predicted octanol–water partition coefficient (Wildman–Crippen LogP) is 0.164. The van der Waals surface area contributed by atoms with E-state index in [0.29, 0.717) is 0 Å². The normalized spacial score (nSPS) is 9.18. The Hall–Kier alpha value is -1.62. The van der Waals surface area contributed by atoms with Crippen LogP contribution in [0.4, 0.5) is 11.4 Å². The van der Waals surface area contributed by atoms with Crippen LogP contribution in [0.3, 0.4) is 0 Å². The second-order valence-corrected chi connectivity index (χ2v) is 1.98. The van der Waals surface area contributed by atoms with Crippen molar-refractivity contribution >= 4 is 11.4 Å². The minimum Gasteiger partial charge on any atom is -0.258 e. The molecule has 0 heterocycles. The first-order valence-corrected chi connectivity index (χ1v) is 3.01. The van der Waals surface area contributed by atoms with E-state index >= 15 is 0 Å². The molecule has 0 aliphatic rings. The first kappa shape index (κ1) is 7.49. The molecule has 1 aromatic carbocycles. The van der Waals surface area contributed by atoms with Crippen molar-refractivity contribution in [3.05, 3.63) is 34.4 Å². The number of hydrogen-bond acceptors (Lipinski definition) is 3. The van der Waals surface area contributed by atoms with Crippen molar-refractivity contribution in [2.24, 2.45) is 0 Å². The van der Waals surface area contributed by atoms with Gasteiger partial charge < -0.3 is 0 Å². The third kappa shape index (κ3) is 1.65. The summed E-state index contributed by atoms with van der Waals surface area (Å²) in [5, 5.41) is 10.2. The highest BCUT2D eigenvalue weighted by Gasteiger charge is 2.02. The molecule has 11 heavy (non-hydrogen) atoms. The lowest BCUT2D eigenvalue weighted by Crippen LogP contribution is -2.56. The Balaban J connectivity index is 2.91. The average Bonchev–Trinajstić information content (AvgIpc) is 2.05. The molecule has 0 saturated carbocycles. The molecule has 1 rings (SSSR count). The van der Waals surface area contributed by atoms with E-state index in [2.05, 4.69) is 11.3 Å². The van der Waals surface area contributed by atoms with E-state index in [1.54, 1.807) is 12.1 Å². The van der Waals surface area contributed by atoms with E-state index in [-0.39, 0.29) is 5.69 Å². The lowest BCUT2D eigenvalue weighted by Gasteiger charge is -1.94. The molecule has 5 heteroatoms. The molecule has 0 amide bonds. The van der Waals surface area contributed by atoms with E-state index < -0.39 is 4.92 Å². The average molecular weight is 154 g/mol. The minimum atomic E-state index is -0.438. The molecule has 0 aliphatic carbocycles. The van der Waals surface area contributed by atoms with Gasteiger partial charge in [0.25, 0.3) is 5.69 Å². The van der Waals surface area contributed by atoms with Crippen LogP contribution in [-0.2, 0) is 0 Å². The Kier molecular flexibility index (Phi) is 2.03. The van der Waals surface area contributed by atoms with Crippen molar-refractivity contribution in [1.29, 1.82) is 0 Å². The zero-order valence-electron chi connectivity index (χ0n) is 5.78. The van der Waals surface area contributed by atoms with Gasteiger partial charge in [-0.05, 0) is 12.1 Å². The van der Waals surface area contributed by atoms with Crippen molar-refractivity contribution < 1.29 is 10.8 Å². The molecule has 0 bridgehead atoms. The van der Waals surface area contributed by atoms with Crippen LogP contribution in [0.5, 0.6) is 0 Å². The fraction of sp³-hybridized carbons (Fsp3) is 0. The Morgan fingerprint density at radius 2 is 1.91 bits per heavy atom. The van der Waals surface area contributed by atoms with Crippen molar-refractivity contribution in [2.75, 3.05) is 5.43 Å². The zero-order valence-corrected chi connectivity index (χ0v) is 5.78. The van der Waals surface area contributed by atoms with E-state index in [0.717, 1.165) is 5.69 Å². The molecule has 0 radical (unpaired) electrons. The monoisotopic (exact) mass is 154 g/mol. The van der Waals surface area contributed by atoms with Gasteiger partial charge in [0.05, 0.1) is 10.6 Å². The highest BCUT2D eigenvalue weighted by atomic mass is 16.6. The second-order valence-electron chi connectivity index (χ2n) is 1.98. The standard InChI is InChI=1S/C6H7N3O2/c7-8-5-1-3-6(4-2-5)9(10)11/h1-4,8H,7H2/p+1. The summed E-state index contributed by atoms with van der Waals surface area (Å²) in [5.74, 6) is 3.41. The van der Waals surface area contributed by atoms with Gasteiger partial charge in [-0.25, -0.2) is 5.43 Å². The van der Waals surface area contributed by atoms with Gasteiger partial charge in [-0.1, -0.05) is 0 Å². The zero-order chi connectivity index (χ0) is 8.27. The summed E-state index contributed by atoms with van der Waals surface area (Å²) in [6.07, 6.45) is 0. The summed E-state index contributed by atoms with van der Waals surface area (Å²) in [7, 11) is 0. The number of rotatable bonds is 2. The van der Waals surface area contributed by atoms with E-state index in [1.165, 1.54) is 12.1 Å². The first-order chi connectivity index (χ1) is 5.24. The fourth-order valence-corrected chi connectivity index (χ4v) is 0.701. The molecule has 0 atom stereocenters. The maximum Gasteiger partial charge on any atom is 0.269 e. The Bertz CT molecular complexity index is 257. The molecular formula is C6H8N3O2+. The van der Waals surface area contributed by atoms with Gasteiger partial charge in [0.2, 0.25) is 0 Å². The van der Waals surface area contributed by atoms with Crippen LogP contribution < -0.4 is 11.3 Å². The summed E-state index contributed by atoms with van der Waals surface area (Å²) in [5.41, 5.74) is 3.47. The van der Waals surface area contributed by atoms with Gasteiger partial charge in [0, 0.05) is 12.1 Å². The summed E-state index contributed by atoms with van der Waals surface area (Å²) in [4.78, 5) is 9.73.